The number of hydrogen-bond donors (Lipinski definition) is 0. The molecule has 142 valence electrons. The van der Waals surface area contributed by atoms with Gasteiger partial charge in [-0.1, -0.05) is 25.7 Å². The lowest BCUT2D eigenvalue weighted by molar-refractivity contribution is -0.134. The topological polar surface area (TPSA) is 34.1 Å². The molecule has 10 unspecified atom stereocenters. The largest absolute Gasteiger partial charge is 0.299 e. The van der Waals surface area contributed by atoms with Gasteiger partial charge in [0.1, 0.15) is 11.6 Å². The van der Waals surface area contributed by atoms with Crippen LogP contribution in [-0.2, 0) is 9.59 Å². The molecule has 0 spiro atoms. The molecule has 2 nitrogen and oxygen atoms in total. The van der Waals surface area contributed by atoms with Crippen LogP contribution in [0.2, 0.25) is 0 Å². The Balaban J connectivity index is 1.39. The number of ketones is 2. The summed E-state index contributed by atoms with van der Waals surface area (Å²) in [6, 6.07) is 0. The minimum absolute atomic E-state index is 0.332. The summed E-state index contributed by atoms with van der Waals surface area (Å²) in [6.07, 6.45) is 15.2. The number of carbonyl (C=O) groups is 2. The van der Waals surface area contributed by atoms with Crippen LogP contribution in [0.1, 0.15) is 77.0 Å². The molecule has 6 saturated carbocycles. The van der Waals surface area contributed by atoms with Gasteiger partial charge >= 0.3 is 0 Å². The van der Waals surface area contributed by atoms with E-state index in [0.717, 1.165) is 18.8 Å². The van der Waals surface area contributed by atoms with E-state index in [1.54, 1.807) is 0 Å². The van der Waals surface area contributed by atoms with Gasteiger partial charge in [0.25, 0.3) is 0 Å². The summed E-state index contributed by atoms with van der Waals surface area (Å²) in [5.74, 6) is 6.72. The van der Waals surface area contributed by atoms with Crippen molar-refractivity contribution in [2.45, 2.75) is 77.0 Å². The van der Waals surface area contributed by atoms with Gasteiger partial charge < -0.3 is 0 Å². The summed E-state index contributed by atoms with van der Waals surface area (Å²) in [5.41, 5.74) is 0. The van der Waals surface area contributed by atoms with E-state index in [1.807, 2.05) is 0 Å². The number of fused-ring (bicyclic) bond motifs is 9. The van der Waals surface area contributed by atoms with E-state index in [9.17, 15) is 9.59 Å². The van der Waals surface area contributed by atoms with Gasteiger partial charge in [0.2, 0.25) is 0 Å². The zero-order chi connectivity index (χ0) is 17.4. The molecule has 0 N–H and O–H groups in total. The van der Waals surface area contributed by atoms with Gasteiger partial charge in [-0.15, -0.1) is 0 Å². The number of carbonyl (C=O) groups excluding carboxylic acids is 2. The number of Topliss-reactive ketones (excluding diaryl/α,β-unsaturated/α-hetero) is 2. The minimum Gasteiger partial charge on any atom is -0.299 e. The van der Waals surface area contributed by atoms with E-state index < -0.39 is 0 Å². The van der Waals surface area contributed by atoms with Crippen LogP contribution < -0.4 is 0 Å². The molecule has 0 bridgehead atoms. The van der Waals surface area contributed by atoms with Crippen molar-refractivity contribution in [1.82, 2.24) is 0 Å². The normalized spacial score (nSPS) is 55.5. The van der Waals surface area contributed by atoms with Crippen molar-refractivity contribution in [1.29, 1.82) is 0 Å². The number of hydrogen-bond acceptors (Lipinski definition) is 2. The first-order valence-corrected chi connectivity index (χ1v) is 11.8. The molecule has 0 aliphatic heterocycles. The Morgan fingerprint density at radius 1 is 0.500 bits per heavy atom. The fraction of sp³-hybridized carbons (Fsp3) is 0.917. The molecule has 0 radical (unpaired) electrons. The maximum atomic E-state index is 13.6. The van der Waals surface area contributed by atoms with Gasteiger partial charge in [0.05, 0.1) is 0 Å². The summed E-state index contributed by atoms with van der Waals surface area (Å²) in [5, 5.41) is 0. The fourth-order valence-electron chi connectivity index (χ4n) is 9.42. The first-order valence-electron chi connectivity index (χ1n) is 11.8. The molecular weight excluding hydrogens is 320 g/mol. The van der Waals surface area contributed by atoms with Crippen LogP contribution in [0, 0.1) is 59.2 Å². The predicted octanol–water partition coefficient (Wildman–Crippen LogP) is 5.05. The third-order valence-electron chi connectivity index (χ3n) is 10.2. The standard InChI is InChI=1S/C24H34O2/c25-23-18-8-4-2-6-15(18)21-19(23)12-10-13-9-11-16-14-5-1-3-7-17(14)24(26)22(16)20(13)21/h13-22H,1-12H2. The summed E-state index contributed by atoms with van der Waals surface area (Å²) in [7, 11) is 0. The van der Waals surface area contributed by atoms with Crippen molar-refractivity contribution in [3.8, 4) is 0 Å². The highest BCUT2D eigenvalue weighted by atomic mass is 16.1. The summed E-state index contributed by atoms with van der Waals surface area (Å²) in [6.45, 7) is 0. The molecule has 6 rings (SSSR count). The van der Waals surface area contributed by atoms with Gasteiger partial charge in [-0.25, -0.2) is 0 Å². The van der Waals surface area contributed by atoms with Crippen LogP contribution in [-0.4, -0.2) is 11.6 Å². The highest BCUT2D eigenvalue weighted by Crippen LogP contribution is 2.64. The average Bonchev–Trinajstić information content (AvgIpc) is 3.15. The third-order valence-corrected chi connectivity index (χ3v) is 10.2. The van der Waals surface area contributed by atoms with E-state index in [0.29, 0.717) is 64.8 Å². The average molecular weight is 355 g/mol. The maximum Gasteiger partial charge on any atom is 0.139 e. The Hall–Kier alpha value is -0.660. The molecule has 26 heavy (non-hydrogen) atoms. The quantitative estimate of drug-likeness (QED) is 0.610. The smallest absolute Gasteiger partial charge is 0.139 e. The Kier molecular flexibility index (Phi) is 3.71. The lowest BCUT2D eigenvalue weighted by atomic mass is 9.53. The zero-order valence-electron chi connectivity index (χ0n) is 16.1. The zero-order valence-corrected chi connectivity index (χ0v) is 16.1. The summed E-state index contributed by atoms with van der Waals surface area (Å²) >= 11 is 0. The lowest BCUT2D eigenvalue weighted by Gasteiger charge is -2.50. The molecule has 0 heterocycles. The molecule has 0 saturated heterocycles. The molecule has 6 aliphatic carbocycles. The van der Waals surface area contributed by atoms with Gasteiger partial charge in [0.15, 0.2) is 0 Å². The maximum absolute atomic E-state index is 13.6. The summed E-state index contributed by atoms with van der Waals surface area (Å²) in [4.78, 5) is 26.8. The van der Waals surface area contributed by atoms with E-state index in [4.69, 9.17) is 0 Å². The van der Waals surface area contributed by atoms with Crippen LogP contribution in [0.25, 0.3) is 0 Å². The number of rotatable bonds is 0. The third kappa shape index (κ3) is 2.05. The first-order chi connectivity index (χ1) is 12.8. The highest BCUT2D eigenvalue weighted by molar-refractivity contribution is 5.89. The Morgan fingerprint density at radius 2 is 1.15 bits per heavy atom. The Labute approximate surface area is 157 Å². The first kappa shape index (κ1) is 16.3. The molecule has 0 amide bonds. The molecule has 0 aromatic rings. The SMILES string of the molecule is O=C1C2CCCCC2C2C1CCC1CCC3C4CCCCC4C(=O)C3C12. The van der Waals surface area contributed by atoms with Crippen LogP contribution in [0.4, 0.5) is 0 Å². The minimum atomic E-state index is 0.332. The molecule has 10 atom stereocenters. The highest BCUT2D eigenvalue weighted by Gasteiger charge is 2.63. The van der Waals surface area contributed by atoms with Gasteiger partial charge in [-0.2, -0.15) is 0 Å². The Morgan fingerprint density at radius 3 is 1.96 bits per heavy atom. The second-order valence-electron chi connectivity index (χ2n) is 10.8. The van der Waals surface area contributed by atoms with E-state index in [-0.39, 0.29) is 0 Å². The fourth-order valence-corrected chi connectivity index (χ4v) is 9.42. The van der Waals surface area contributed by atoms with Crippen molar-refractivity contribution in [2.24, 2.45) is 59.2 Å². The van der Waals surface area contributed by atoms with Crippen LogP contribution in [0.15, 0.2) is 0 Å². The van der Waals surface area contributed by atoms with Crippen molar-refractivity contribution >= 4 is 11.6 Å². The lowest BCUT2D eigenvalue weighted by Crippen LogP contribution is -2.47. The van der Waals surface area contributed by atoms with Crippen molar-refractivity contribution < 1.29 is 9.59 Å². The van der Waals surface area contributed by atoms with E-state index in [2.05, 4.69) is 0 Å². The van der Waals surface area contributed by atoms with E-state index >= 15 is 0 Å². The summed E-state index contributed by atoms with van der Waals surface area (Å²) < 4.78 is 0. The molecule has 0 aromatic carbocycles. The predicted molar refractivity (Wildman–Crippen MR) is 100 cm³/mol. The molecular formula is C24H34O2. The molecule has 6 aliphatic rings. The van der Waals surface area contributed by atoms with Crippen molar-refractivity contribution in [3.05, 3.63) is 0 Å². The second-order valence-corrected chi connectivity index (χ2v) is 10.8. The van der Waals surface area contributed by atoms with E-state index in [1.165, 1.54) is 64.2 Å². The monoisotopic (exact) mass is 354 g/mol. The second kappa shape index (κ2) is 5.92. The van der Waals surface area contributed by atoms with Crippen LogP contribution >= 0.6 is 0 Å². The van der Waals surface area contributed by atoms with Gasteiger partial charge in [-0.05, 0) is 86.9 Å². The van der Waals surface area contributed by atoms with Crippen LogP contribution in [0.3, 0.4) is 0 Å². The Bertz CT molecular complexity index is 624. The van der Waals surface area contributed by atoms with Gasteiger partial charge in [0, 0.05) is 23.7 Å². The molecule has 2 heteroatoms. The molecule has 0 aromatic heterocycles. The van der Waals surface area contributed by atoms with Crippen molar-refractivity contribution in [2.75, 3.05) is 0 Å². The van der Waals surface area contributed by atoms with Crippen LogP contribution in [0.5, 0.6) is 0 Å². The van der Waals surface area contributed by atoms with Gasteiger partial charge in [-0.3, -0.25) is 9.59 Å². The van der Waals surface area contributed by atoms with Crippen molar-refractivity contribution in [3.63, 3.8) is 0 Å². The molecule has 6 fully saturated rings.